The fourth-order valence-electron chi connectivity index (χ4n) is 3.84. The maximum atomic E-state index is 12.8. The lowest BCUT2D eigenvalue weighted by Gasteiger charge is -2.11. The van der Waals surface area contributed by atoms with Crippen molar-refractivity contribution in [3.8, 4) is 22.6 Å². The van der Waals surface area contributed by atoms with Gasteiger partial charge < -0.3 is 19.5 Å². The SMILES string of the molecule is CCCCCCOc1ccc(/C=C/C(=O)Nc2sc(C)c(-c3ccc(Br)cc3)c2C(=O)OC)cc1OC. The van der Waals surface area contributed by atoms with Gasteiger partial charge >= 0.3 is 5.97 Å². The van der Waals surface area contributed by atoms with Crippen LogP contribution in [-0.2, 0) is 9.53 Å². The van der Waals surface area contributed by atoms with Crippen molar-refractivity contribution in [2.45, 2.75) is 39.5 Å². The molecule has 0 radical (unpaired) electrons. The molecule has 2 aromatic carbocycles. The van der Waals surface area contributed by atoms with Gasteiger partial charge in [-0.25, -0.2) is 4.79 Å². The van der Waals surface area contributed by atoms with Crippen LogP contribution in [0.4, 0.5) is 5.00 Å². The summed E-state index contributed by atoms with van der Waals surface area (Å²) in [6, 6.07) is 13.2. The molecular weight excluding hydrogens is 554 g/mol. The number of anilines is 1. The molecule has 196 valence electrons. The van der Waals surface area contributed by atoms with E-state index in [9.17, 15) is 9.59 Å². The molecule has 37 heavy (non-hydrogen) atoms. The molecule has 0 aliphatic rings. The van der Waals surface area contributed by atoms with Crippen LogP contribution in [0.3, 0.4) is 0 Å². The number of halogens is 1. The Morgan fingerprint density at radius 2 is 1.78 bits per heavy atom. The van der Waals surface area contributed by atoms with Crippen LogP contribution in [0, 0.1) is 6.92 Å². The van der Waals surface area contributed by atoms with E-state index < -0.39 is 5.97 Å². The van der Waals surface area contributed by atoms with E-state index in [4.69, 9.17) is 14.2 Å². The summed E-state index contributed by atoms with van der Waals surface area (Å²) in [6.45, 7) is 4.73. The quantitative estimate of drug-likeness (QED) is 0.133. The molecule has 0 atom stereocenters. The Kier molecular flexibility index (Phi) is 10.8. The Labute approximate surface area is 230 Å². The van der Waals surface area contributed by atoms with Crippen LogP contribution in [0.2, 0.25) is 0 Å². The summed E-state index contributed by atoms with van der Waals surface area (Å²) in [5, 5.41) is 3.30. The highest BCUT2D eigenvalue weighted by molar-refractivity contribution is 9.10. The Hall–Kier alpha value is -3.10. The predicted octanol–water partition coefficient (Wildman–Crippen LogP) is 7.89. The third-order valence-electron chi connectivity index (χ3n) is 5.71. The molecule has 3 aromatic rings. The molecule has 1 amide bonds. The number of carbonyl (C=O) groups excluding carboxylic acids is 2. The van der Waals surface area contributed by atoms with Gasteiger partial charge in [0.2, 0.25) is 5.91 Å². The van der Waals surface area contributed by atoms with Crippen LogP contribution < -0.4 is 14.8 Å². The molecule has 0 aliphatic carbocycles. The second-order valence-corrected chi connectivity index (χ2v) is 10.5. The molecule has 0 aliphatic heterocycles. The number of benzene rings is 2. The first-order valence-electron chi connectivity index (χ1n) is 12.2. The molecule has 6 nitrogen and oxygen atoms in total. The van der Waals surface area contributed by atoms with E-state index in [2.05, 4.69) is 28.2 Å². The van der Waals surface area contributed by atoms with Crippen molar-refractivity contribution in [3.63, 3.8) is 0 Å². The topological polar surface area (TPSA) is 73.9 Å². The number of thiophene rings is 1. The van der Waals surface area contributed by atoms with Crippen molar-refractivity contribution in [2.24, 2.45) is 0 Å². The van der Waals surface area contributed by atoms with Gasteiger partial charge in [0.15, 0.2) is 11.5 Å². The minimum Gasteiger partial charge on any atom is -0.493 e. The lowest BCUT2D eigenvalue weighted by atomic mass is 10.0. The molecule has 1 N–H and O–H groups in total. The Morgan fingerprint density at radius 1 is 1.03 bits per heavy atom. The third-order valence-corrected chi connectivity index (χ3v) is 7.26. The van der Waals surface area contributed by atoms with E-state index in [1.165, 1.54) is 37.4 Å². The number of unbranched alkanes of at least 4 members (excludes halogenated alkanes) is 3. The minimum absolute atomic E-state index is 0.344. The van der Waals surface area contributed by atoms with Gasteiger partial charge in [0, 0.05) is 21.0 Å². The Morgan fingerprint density at radius 3 is 2.46 bits per heavy atom. The van der Waals surface area contributed by atoms with Gasteiger partial charge in [0.1, 0.15) is 10.6 Å². The van der Waals surface area contributed by atoms with Crippen LogP contribution in [0.5, 0.6) is 11.5 Å². The zero-order valence-electron chi connectivity index (χ0n) is 21.6. The highest BCUT2D eigenvalue weighted by Gasteiger charge is 2.24. The van der Waals surface area contributed by atoms with Crippen molar-refractivity contribution in [1.82, 2.24) is 0 Å². The second-order valence-electron chi connectivity index (χ2n) is 8.38. The Balaban J connectivity index is 1.75. The number of esters is 1. The first-order chi connectivity index (χ1) is 17.9. The zero-order valence-corrected chi connectivity index (χ0v) is 24.0. The number of nitrogens with one attached hydrogen (secondary N) is 1. The summed E-state index contributed by atoms with van der Waals surface area (Å²) in [4.78, 5) is 26.4. The first kappa shape index (κ1) is 28.5. The van der Waals surface area contributed by atoms with Crippen LogP contribution in [0.1, 0.15) is 53.4 Å². The third kappa shape index (κ3) is 7.69. The number of methoxy groups -OCH3 is 2. The normalized spacial score (nSPS) is 10.9. The summed E-state index contributed by atoms with van der Waals surface area (Å²) in [5.41, 5.74) is 2.75. The first-order valence-corrected chi connectivity index (χ1v) is 13.8. The maximum Gasteiger partial charge on any atom is 0.341 e. The fourth-order valence-corrected chi connectivity index (χ4v) is 5.17. The van der Waals surface area contributed by atoms with Crippen LogP contribution in [-0.4, -0.2) is 32.7 Å². The van der Waals surface area contributed by atoms with E-state index in [-0.39, 0.29) is 5.91 Å². The van der Waals surface area contributed by atoms with Crippen molar-refractivity contribution >= 4 is 50.2 Å². The smallest absolute Gasteiger partial charge is 0.341 e. The molecule has 0 fully saturated rings. The van der Waals surface area contributed by atoms with E-state index in [0.29, 0.717) is 28.7 Å². The van der Waals surface area contributed by atoms with E-state index >= 15 is 0 Å². The Bertz CT molecular complexity index is 1250. The van der Waals surface area contributed by atoms with Gasteiger partial charge in [-0.15, -0.1) is 11.3 Å². The fraction of sp³-hybridized carbons (Fsp3) is 0.310. The highest BCUT2D eigenvalue weighted by atomic mass is 79.9. The lowest BCUT2D eigenvalue weighted by Crippen LogP contribution is -2.11. The molecule has 1 heterocycles. The van der Waals surface area contributed by atoms with Gasteiger partial charge in [0.05, 0.1) is 20.8 Å². The monoisotopic (exact) mass is 585 g/mol. The highest BCUT2D eigenvalue weighted by Crippen LogP contribution is 2.40. The average molecular weight is 587 g/mol. The van der Waals surface area contributed by atoms with Crippen LogP contribution in [0.15, 0.2) is 53.0 Å². The zero-order chi connectivity index (χ0) is 26.8. The van der Waals surface area contributed by atoms with Gasteiger partial charge in [-0.05, 0) is 54.8 Å². The molecule has 0 saturated carbocycles. The number of carbonyl (C=O) groups is 2. The maximum absolute atomic E-state index is 12.8. The summed E-state index contributed by atoms with van der Waals surface area (Å²) < 4.78 is 17.3. The number of ether oxygens (including phenoxy) is 3. The lowest BCUT2D eigenvalue weighted by molar-refractivity contribution is -0.111. The summed E-state index contributed by atoms with van der Waals surface area (Å²) >= 11 is 4.77. The molecular formula is C29H32BrNO5S. The number of aryl methyl sites for hydroxylation is 1. The number of amides is 1. The van der Waals surface area contributed by atoms with Gasteiger partial charge in [-0.2, -0.15) is 0 Å². The average Bonchev–Trinajstić information content (AvgIpc) is 3.22. The van der Waals surface area contributed by atoms with E-state index in [1.54, 1.807) is 13.2 Å². The largest absolute Gasteiger partial charge is 0.493 e. The van der Waals surface area contributed by atoms with Gasteiger partial charge in [-0.3, -0.25) is 4.79 Å². The van der Waals surface area contributed by atoms with Crippen molar-refractivity contribution < 1.29 is 23.8 Å². The summed E-state index contributed by atoms with van der Waals surface area (Å²) in [5.74, 6) is 0.428. The molecule has 1 aromatic heterocycles. The number of hydrogen-bond acceptors (Lipinski definition) is 6. The number of rotatable bonds is 12. The predicted molar refractivity (Wildman–Crippen MR) is 154 cm³/mol. The molecule has 0 bridgehead atoms. The number of hydrogen-bond donors (Lipinski definition) is 1. The molecule has 0 saturated heterocycles. The van der Waals surface area contributed by atoms with Crippen molar-refractivity contribution in [2.75, 3.05) is 26.1 Å². The molecule has 0 spiro atoms. The standard InChI is InChI=1S/C29H32BrNO5S/c1-5-6-7-8-17-36-23-15-9-20(18-24(23)34-3)10-16-25(32)31-28-27(29(33)35-4)26(19(2)37-28)21-11-13-22(30)14-12-21/h9-16,18H,5-8,17H2,1-4H3,(H,31,32)/b16-10+. The van der Waals surface area contributed by atoms with Crippen LogP contribution >= 0.6 is 27.3 Å². The van der Waals surface area contributed by atoms with Crippen LogP contribution in [0.25, 0.3) is 17.2 Å². The molecule has 3 rings (SSSR count). The molecule has 8 heteroatoms. The summed E-state index contributed by atoms with van der Waals surface area (Å²) in [7, 11) is 2.92. The van der Waals surface area contributed by atoms with Crippen molar-refractivity contribution in [3.05, 3.63) is 69.0 Å². The van der Waals surface area contributed by atoms with Gasteiger partial charge in [-0.1, -0.05) is 60.3 Å². The second kappa shape index (κ2) is 14.0. The van der Waals surface area contributed by atoms with Crippen molar-refractivity contribution in [1.29, 1.82) is 0 Å². The van der Waals surface area contributed by atoms with E-state index in [0.717, 1.165) is 38.9 Å². The van der Waals surface area contributed by atoms with Gasteiger partial charge in [0.25, 0.3) is 0 Å². The minimum atomic E-state index is -0.503. The van der Waals surface area contributed by atoms with E-state index in [1.807, 2.05) is 49.4 Å². The molecule has 0 unspecified atom stereocenters. The summed E-state index contributed by atoms with van der Waals surface area (Å²) in [6.07, 6.45) is 7.63.